The number of hydroxylamine groups is 1. The van der Waals surface area contributed by atoms with Crippen LogP contribution in [0.1, 0.15) is 5.56 Å². The van der Waals surface area contributed by atoms with Crippen molar-refractivity contribution in [1.29, 1.82) is 0 Å². The van der Waals surface area contributed by atoms with Gasteiger partial charge in [-0.15, -0.1) is 0 Å². The molecule has 1 aliphatic heterocycles. The molecule has 0 fully saturated rings. The standard InChI is InChI=1S/C8H9N3O4S/c1-16(14,15)8-9-4-5-2-3-6(12)11(13)7(5)10-8/h2-4,6,12-13H,1H3. The van der Waals surface area contributed by atoms with E-state index < -0.39 is 21.2 Å². The van der Waals surface area contributed by atoms with E-state index in [1.165, 1.54) is 18.3 Å². The van der Waals surface area contributed by atoms with Crippen LogP contribution in [0.5, 0.6) is 0 Å². The van der Waals surface area contributed by atoms with Gasteiger partial charge in [-0.3, -0.25) is 5.21 Å². The number of hydrogen-bond donors (Lipinski definition) is 2. The van der Waals surface area contributed by atoms with Crippen molar-refractivity contribution in [2.24, 2.45) is 0 Å². The summed E-state index contributed by atoms with van der Waals surface area (Å²) >= 11 is 0. The number of aliphatic hydroxyl groups excluding tert-OH is 1. The number of sulfone groups is 1. The summed E-state index contributed by atoms with van der Waals surface area (Å²) in [7, 11) is -3.54. The zero-order valence-electron chi connectivity index (χ0n) is 8.27. The predicted octanol–water partition coefficient (Wildman–Crippen LogP) is -0.579. The van der Waals surface area contributed by atoms with Gasteiger partial charge in [0.05, 0.1) is 0 Å². The second kappa shape index (κ2) is 3.51. The average Bonchev–Trinajstić information content (AvgIpc) is 2.22. The molecule has 8 heteroatoms. The van der Waals surface area contributed by atoms with E-state index in [9.17, 15) is 18.7 Å². The smallest absolute Gasteiger partial charge is 0.248 e. The molecule has 1 atom stereocenters. The van der Waals surface area contributed by atoms with E-state index in [2.05, 4.69) is 9.97 Å². The van der Waals surface area contributed by atoms with Crippen LogP contribution >= 0.6 is 0 Å². The number of aliphatic hydroxyl groups is 1. The first kappa shape index (κ1) is 11.0. The van der Waals surface area contributed by atoms with Crippen molar-refractivity contribution >= 4 is 21.7 Å². The first-order valence-electron chi connectivity index (χ1n) is 4.31. The summed E-state index contributed by atoms with van der Waals surface area (Å²) in [5.41, 5.74) is 0.431. The molecule has 2 N–H and O–H groups in total. The summed E-state index contributed by atoms with van der Waals surface area (Å²) in [5.74, 6) is -0.0366. The van der Waals surface area contributed by atoms with Gasteiger partial charge in [0, 0.05) is 18.0 Å². The number of fused-ring (bicyclic) bond motifs is 1. The molecule has 1 unspecified atom stereocenters. The molecule has 1 aromatic heterocycles. The Hall–Kier alpha value is -1.51. The van der Waals surface area contributed by atoms with E-state index in [1.54, 1.807) is 0 Å². The van der Waals surface area contributed by atoms with Crippen LogP contribution in [-0.4, -0.2) is 41.2 Å². The second-order valence-electron chi connectivity index (χ2n) is 3.32. The zero-order chi connectivity index (χ0) is 11.9. The lowest BCUT2D eigenvalue weighted by Crippen LogP contribution is -2.33. The van der Waals surface area contributed by atoms with E-state index in [0.717, 1.165) is 6.26 Å². The average molecular weight is 243 g/mol. The number of hydrogen-bond acceptors (Lipinski definition) is 7. The Bertz CT molecular complexity index is 554. The number of nitrogens with zero attached hydrogens (tertiary/aromatic N) is 3. The first-order chi connectivity index (χ1) is 7.39. The highest BCUT2D eigenvalue weighted by Gasteiger charge is 2.23. The Morgan fingerprint density at radius 2 is 2.19 bits per heavy atom. The Balaban J connectivity index is 2.59. The van der Waals surface area contributed by atoms with Gasteiger partial charge in [0.2, 0.25) is 15.0 Å². The maximum absolute atomic E-state index is 11.2. The van der Waals surface area contributed by atoms with Crippen molar-refractivity contribution in [2.75, 3.05) is 11.3 Å². The molecule has 0 radical (unpaired) electrons. The molecule has 7 nitrogen and oxygen atoms in total. The van der Waals surface area contributed by atoms with Crippen LogP contribution in [0.3, 0.4) is 0 Å². The lowest BCUT2D eigenvalue weighted by atomic mass is 10.2. The van der Waals surface area contributed by atoms with E-state index in [0.29, 0.717) is 10.6 Å². The monoisotopic (exact) mass is 243 g/mol. The summed E-state index contributed by atoms with van der Waals surface area (Å²) in [5, 5.41) is 18.8. The van der Waals surface area contributed by atoms with Gasteiger partial charge < -0.3 is 5.11 Å². The van der Waals surface area contributed by atoms with Gasteiger partial charge in [0.15, 0.2) is 12.0 Å². The van der Waals surface area contributed by atoms with E-state index >= 15 is 0 Å². The van der Waals surface area contributed by atoms with Crippen molar-refractivity contribution < 1.29 is 18.7 Å². The van der Waals surface area contributed by atoms with E-state index in [4.69, 9.17) is 0 Å². The van der Waals surface area contributed by atoms with Gasteiger partial charge in [-0.2, -0.15) is 4.98 Å². The van der Waals surface area contributed by atoms with Crippen molar-refractivity contribution in [3.8, 4) is 0 Å². The predicted molar refractivity (Wildman–Crippen MR) is 54.4 cm³/mol. The zero-order valence-corrected chi connectivity index (χ0v) is 9.09. The van der Waals surface area contributed by atoms with Crippen molar-refractivity contribution in [1.82, 2.24) is 9.97 Å². The third-order valence-electron chi connectivity index (χ3n) is 2.02. The molecule has 0 saturated carbocycles. The molecule has 1 aromatic rings. The van der Waals surface area contributed by atoms with Gasteiger partial charge >= 0.3 is 0 Å². The molecule has 86 valence electrons. The van der Waals surface area contributed by atoms with E-state index in [1.807, 2.05) is 0 Å². The van der Waals surface area contributed by atoms with Gasteiger partial charge in [-0.25, -0.2) is 18.5 Å². The maximum atomic E-state index is 11.2. The topological polar surface area (TPSA) is 104 Å². The Labute approximate surface area is 91.6 Å². The van der Waals surface area contributed by atoms with Crippen LogP contribution in [0.25, 0.3) is 6.08 Å². The fraction of sp³-hybridized carbons (Fsp3) is 0.250. The lowest BCUT2D eigenvalue weighted by Gasteiger charge is -2.24. The molecule has 0 bridgehead atoms. The highest BCUT2D eigenvalue weighted by Crippen LogP contribution is 2.24. The van der Waals surface area contributed by atoms with Crippen molar-refractivity contribution in [3.05, 3.63) is 17.8 Å². The summed E-state index contributed by atoms with van der Waals surface area (Å²) in [4.78, 5) is 7.33. The van der Waals surface area contributed by atoms with Crippen LogP contribution in [0.4, 0.5) is 5.82 Å². The number of aromatic nitrogens is 2. The summed E-state index contributed by atoms with van der Waals surface area (Å²) in [6, 6.07) is 0. The Morgan fingerprint density at radius 3 is 2.81 bits per heavy atom. The van der Waals surface area contributed by atoms with E-state index in [-0.39, 0.29) is 5.82 Å². The van der Waals surface area contributed by atoms with Crippen LogP contribution in [-0.2, 0) is 9.84 Å². The third-order valence-corrected chi connectivity index (χ3v) is 2.88. The van der Waals surface area contributed by atoms with Crippen LogP contribution in [0.2, 0.25) is 0 Å². The molecule has 0 spiro atoms. The van der Waals surface area contributed by atoms with Crippen molar-refractivity contribution in [2.45, 2.75) is 11.4 Å². The molecule has 2 rings (SSSR count). The van der Waals surface area contributed by atoms with Crippen LogP contribution < -0.4 is 5.06 Å². The molecule has 0 aliphatic carbocycles. The lowest BCUT2D eigenvalue weighted by molar-refractivity contribution is 0.0961. The molecule has 0 amide bonds. The normalized spacial score (nSPS) is 19.7. The molecule has 0 saturated heterocycles. The van der Waals surface area contributed by atoms with Crippen molar-refractivity contribution in [3.63, 3.8) is 0 Å². The van der Waals surface area contributed by atoms with Crippen LogP contribution in [0.15, 0.2) is 17.4 Å². The second-order valence-corrected chi connectivity index (χ2v) is 5.23. The molecular weight excluding hydrogens is 234 g/mol. The summed E-state index contributed by atoms with van der Waals surface area (Å²) in [6.07, 6.45) is 3.82. The highest BCUT2D eigenvalue weighted by atomic mass is 32.2. The van der Waals surface area contributed by atoms with Gasteiger partial charge in [-0.1, -0.05) is 0 Å². The quantitative estimate of drug-likeness (QED) is 0.636. The third kappa shape index (κ3) is 1.77. The molecule has 0 aromatic carbocycles. The minimum atomic E-state index is -3.54. The summed E-state index contributed by atoms with van der Waals surface area (Å²) in [6.45, 7) is 0. The molecule has 1 aliphatic rings. The first-order valence-corrected chi connectivity index (χ1v) is 6.20. The fourth-order valence-electron chi connectivity index (χ4n) is 1.24. The van der Waals surface area contributed by atoms with Crippen LogP contribution in [0, 0.1) is 0 Å². The highest BCUT2D eigenvalue weighted by molar-refractivity contribution is 7.90. The largest absolute Gasteiger partial charge is 0.368 e. The number of anilines is 1. The van der Waals surface area contributed by atoms with Gasteiger partial charge in [0.25, 0.3) is 0 Å². The minimum absolute atomic E-state index is 0.0366. The minimum Gasteiger partial charge on any atom is -0.368 e. The maximum Gasteiger partial charge on any atom is 0.248 e. The van der Waals surface area contributed by atoms with Gasteiger partial charge in [-0.05, 0) is 12.2 Å². The Morgan fingerprint density at radius 1 is 1.50 bits per heavy atom. The van der Waals surface area contributed by atoms with Gasteiger partial charge in [0.1, 0.15) is 0 Å². The fourth-order valence-corrected chi connectivity index (χ4v) is 1.74. The molecule has 16 heavy (non-hydrogen) atoms. The Kier molecular flexibility index (Phi) is 2.41. The SMILES string of the molecule is CS(=O)(=O)c1ncc2c(n1)N(O)C(O)C=C2. The molecular formula is C8H9N3O4S. The molecule has 2 heterocycles. The number of rotatable bonds is 1. The summed E-state index contributed by atoms with van der Waals surface area (Å²) < 4.78 is 22.4.